The average Bonchev–Trinajstić information content (AvgIpc) is 2.89. The molecule has 0 aromatic carbocycles. The molecule has 0 aliphatic heterocycles. The number of hydrogen-bond acceptors (Lipinski definition) is 2. The predicted octanol–water partition coefficient (Wildman–Crippen LogP) is 2.31. The highest BCUT2D eigenvalue weighted by atomic mass is 16.1. The van der Waals surface area contributed by atoms with E-state index in [1.165, 1.54) is 0 Å². The van der Waals surface area contributed by atoms with E-state index in [1.807, 2.05) is 35.1 Å². The molecule has 4 heteroatoms. The average molecular weight is 255 g/mol. The van der Waals surface area contributed by atoms with Crippen molar-refractivity contribution in [2.75, 3.05) is 0 Å². The van der Waals surface area contributed by atoms with Crippen LogP contribution in [0.4, 0.5) is 0 Å². The van der Waals surface area contributed by atoms with Gasteiger partial charge in [0.25, 0.3) is 0 Å². The SMILES string of the molecule is O=C(NCc1cnn2ccccc12)[C@@H]1CC=CCC1. The van der Waals surface area contributed by atoms with Crippen LogP contribution in [0.2, 0.25) is 0 Å². The number of hydrogen-bond donors (Lipinski definition) is 1. The Morgan fingerprint density at radius 2 is 2.37 bits per heavy atom. The molecule has 0 unspecified atom stereocenters. The molecule has 19 heavy (non-hydrogen) atoms. The van der Waals surface area contributed by atoms with E-state index in [-0.39, 0.29) is 11.8 Å². The van der Waals surface area contributed by atoms with Gasteiger partial charge < -0.3 is 5.32 Å². The zero-order valence-electron chi connectivity index (χ0n) is 10.7. The fourth-order valence-electron chi connectivity index (χ4n) is 2.48. The zero-order chi connectivity index (χ0) is 13.1. The van der Waals surface area contributed by atoms with Gasteiger partial charge in [-0.05, 0) is 31.4 Å². The maximum atomic E-state index is 12.1. The molecule has 1 aliphatic carbocycles. The van der Waals surface area contributed by atoms with E-state index in [9.17, 15) is 4.79 Å². The first kappa shape index (κ1) is 12.0. The Bertz CT molecular complexity index is 615. The fourth-order valence-corrected chi connectivity index (χ4v) is 2.48. The first-order valence-electron chi connectivity index (χ1n) is 6.68. The maximum Gasteiger partial charge on any atom is 0.223 e. The molecule has 0 saturated carbocycles. The first-order chi connectivity index (χ1) is 9.34. The van der Waals surface area contributed by atoms with Gasteiger partial charge in [0.15, 0.2) is 0 Å². The highest BCUT2D eigenvalue weighted by Gasteiger charge is 2.18. The second-order valence-corrected chi connectivity index (χ2v) is 4.90. The Kier molecular flexibility index (Phi) is 3.31. The number of fused-ring (bicyclic) bond motifs is 1. The van der Waals surface area contributed by atoms with Gasteiger partial charge in [0, 0.05) is 24.2 Å². The minimum atomic E-state index is 0.131. The molecule has 1 atom stereocenters. The van der Waals surface area contributed by atoms with Gasteiger partial charge in [0.2, 0.25) is 5.91 Å². The molecule has 0 fully saturated rings. The first-order valence-corrected chi connectivity index (χ1v) is 6.68. The van der Waals surface area contributed by atoms with Crippen molar-refractivity contribution in [3.05, 3.63) is 48.3 Å². The summed E-state index contributed by atoms with van der Waals surface area (Å²) in [7, 11) is 0. The standard InChI is InChI=1S/C15H17N3O/c19-15(12-6-2-1-3-7-12)16-10-13-11-17-18-9-5-4-8-14(13)18/h1-2,4-5,8-9,11-12H,3,6-7,10H2,(H,16,19)/t12-/m1/s1. The van der Waals surface area contributed by atoms with Crippen molar-refractivity contribution in [2.45, 2.75) is 25.8 Å². The third kappa shape index (κ3) is 2.52. The van der Waals surface area contributed by atoms with Crippen LogP contribution in [0.5, 0.6) is 0 Å². The summed E-state index contributed by atoms with van der Waals surface area (Å²) in [5.41, 5.74) is 2.10. The molecule has 3 rings (SSSR count). The number of pyridine rings is 1. The van der Waals surface area contributed by atoms with Crippen LogP contribution in [-0.2, 0) is 11.3 Å². The monoisotopic (exact) mass is 255 g/mol. The van der Waals surface area contributed by atoms with Gasteiger partial charge in [-0.1, -0.05) is 18.2 Å². The van der Waals surface area contributed by atoms with Crippen molar-refractivity contribution in [1.29, 1.82) is 0 Å². The highest BCUT2D eigenvalue weighted by Crippen LogP contribution is 2.18. The molecule has 0 spiro atoms. The normalized spacial score (nSPS) is 18.6. The van der Waals surface area contributed by atoms with Crippen molar-refractivity contribution in [1.82, 2.24) is 14.9 Å². The smallest absolute Gasteiger partial charge is 0.223 e. The number of rotatable bonds is 3. The van der Waals surface area contributed by atoms with Crippen LogP contribution in [0.25, 0.3) is 5.52 Å². The van der Waals surface area contributed by atoms with Crippen molar-refractivity contribution in [3.63, 3.8) is 0 Å². The molecule has 1 N–H and O–H groups in total. The minimum Gasteiger partial charge on any atom is -0.352 e. The molecule has 1 amide bonds. The second-order valence-electron chi connectivity index (χ2n) is 4.90. The summed E-state index contributed by atoms with van der Waals surface area (Å²) in [6.07, 6.45) is 10.8. The Balaban J connectivity index is 1.65. The number of amides is 1. The van der Waals surface area contributed by atoms with E-state index in [1.54, 1.807) is 0 Å². The van der Waals surface area contributed by atoms with E-state index in [0.29, 0.717) is 6.54 Å². The number of carbonyl (C=O) groups excluding carboxylic acids is 1. The van der Waals surface area contributed by atoms with E-state index in [0.717, 1.165) is 30.3 Å². The summed E-state index contributed by atoms with van der Waals surface area (Å²) in [6, 6.07) is 5.93. The molecule has 0 bridgehead atoms. The third-order valence-electron chi connectivity index (χ3n) is 3.60. The summed E-state index contributed by atoms with van der Waals surface area (Å²) < 4.78 is 1.82. The molecule has 2 heterocycles. The predicted molar refractivity (Wildman–Crippen MR) is 73.5 cm³/mol. The van der Waals surface area contributed by atoms with Gasteiger partial charge in [-0.3, -0.25) is 4.79 Å². The Morgan fingerprint density at radius 1 is 1.42 bits per heavy atom. The maximum absolute atomic E-state index is 12.1. The van der Waals surface area contributed by atoms with Gasteiger partial charge >= 0.3 is 0 Å². The van der Waals surface area contributed by atoms with E-state index in [2.05, 4.69) is 22.6 Å². The van der Waals surface area contributed by atoms with Crippen molar-refractivity contribution in [3.8, 4) is 0 Å². The lowest BCUT2D eigenvalue weighted by Crippen LogP contribution is -2.30. The number of allylic oxidation sites excluding steroid dienone is 2. The summed E-state index contributed by atoms with van der Waals surface area (Å²) in [5.74, 6) is 0.284. The van der Waals surface area contributed by atoms with Crippen LogP contribution in [0.15, 0.2) is 42.7 Å². The summed E-state index contributed by atoms with van der Waals surface area (Å²) in [5, 5.41) is 7.28. The number of aromatic nitrogens is 2. The zero-order valence-corrected chi connectivity index (χ0v) is 10.7. The topological polar surface area (TPSA) is 46.4 Å². The van der Waals surface area contributed by atoms with Gasteiger partial charge in [0.05, 0.1) is 11.7 Å². The number of carbonyl (C=O) groups is 1. The molecule has 1 aliphatic rings. The lowest BCUT2D eigenvalue weighted by molar-refractivity contribution is -0.125. The Hall–Kier alpha value is -2.10. The molecule has 0 saturated heterocycles. The fraction of sp³-hybridized carbons (Fsp3) is 0.333. The molecular weight excluding hydrogens is 238 g/mol. The van der Waals surface area contributed by atoms with E-state index < -0.39 is 0 Å². The Labute approximate surface area is 112 Å². The Morgan fingerprint density at radius 3 is 3.21 bits per heavy atom. The number of nitrogens with one attached hydrogen (secondary N) is 1. The summed E-state index contributed by atoms with van der Waals surface area (Å²) in [4.78, 5) is 12.1. The van der Waals surface area contributed by atoms with Gasteiger partial charge in [0.1, 0.15) is 0 Å². The molecule has 2 aromatic rings. The van der Waals surface area contributed by atoms with Crippen molar-refractivity contribution < 1.29 is 4.79 Å². The second kappa shape index (κ2) is 5.26. The van der Waals surface area contributed by atoms with Crippen LogP contribution in [0.3, 0.4) is 0 Å². The molecule has 98 valence electrons. The van der Waals surface area contributed by atoms with E-state index in [4.69, 9.17) is 0 Å². The molecule has 0 radical (unpaired) electrons. The van der Waals surface area contributed by atoms with Crippen molar-refractivity contribution >= 4 is 11.4 Å². The highest BCUT2D eigenvalue weighted by molar-refractivity contribution is 5.79. The quantitative estimate of drug-likeness (QED) is 0.855. The van der Waals surface area contributed by atoms with E-state index >= 15 is 0 Å². The summed E-state index contributed by atoms with van der Waals surface area (Å²) in [6.45, 7) is 0.548. The molecule has 4 nitrogen and oxygen atoms in total. The van der Waals surface area contributed by atoms with Crippen LogP contribution in [-0.4, -0.2) is 15.5 Å². The number of nitrogens with zero attached hydrogens (tertiary/aromatic N) is 2. The van der Waals surface area contributed by atoms with Crippen LogP contribution >= 0.6 is 0 Å². The van der Waals surface area contributed by atoms with Crippen LogP contribution in [0, 0.1) is 5.92 Å². The summed E-state index contributed by atoms with van der Waals surface area (Å²) >= 11 is 0. The molecular formula is C15H17N3O. The van der Waals surface area contributed by atoms with Gasteiger partial charge in [-0.25, -0.2) is 4.52 Å². The van der Waals surface area contributed by atoms with Crippen molar-refractivity contribution in [2.24, 2.45) is 5.92 Å². The minimum absolute atomic E-state index is 0.131. The molecule has 2 aromatic heterocycles. The lowest BCUT2D eigenvalue weighted by atomic mass is 9.93. The third-order valence-corrected chi connectivity index (χ3v) is 3.60. The van der Waals surface area contributed by atoms with Crippen LogP contribution in [0.1, 0.15) is 24.8 Å². The lowest BCUT2D eigenvalue weighted by Gasteiger charge is -2.16. The largest absolute Gasteiger partial charge is 0.352 e. The van der Waals surface area contributed by atoms with Gasteiger partial charge in [-0.15, -0.1) is 0 Å². The van der Waals surface area contributed by atoms with Gasteiger partial charge in [-0.2, -0.15) is 5.10 Å². The van der Waals surface area contributed by atoms with Crippen LogP contribution < -0.4 is 5.32 Å².